The number of aliphatic imine (C=N–C) groups is 2. The molecule has 5 nitrogen and oxygen atoms in total. The van der Waals surface area contributed by atoms with Gasteiger partial charge in [0.1, 0.15) is 12.0 Å². The molecule has 2 heterocycles. The molecule has 0 radical (unpaired) electrons. The van der Waals surface area contributed by atoms with Gasteiger partial charge in [0, 0.05) is 7.05 Å². The Labute approximate surface area is 149 Å². The first-order valence-electron chi connectivity index (χ1n) is 7.85. The highest BCUT2D eigenvalue weighted by Crippen LogP contribution is 2.29. The Morgan fingerprint density at radius 3 is 2.60 bits per heavy atom. The molecule has 0 spiro atoms. The van der Waals surface area contributed by atoms with Crippen LogP contribution in [0.15, 0.2) is 58.1 Å². The van der Waals surface area contributed by atoms with Gasteiger partial charge in [-0.15, -0.1) is 0 Å². The van der Waals surface area contributed by atoms with Crippen molar-refractivity contribution in [1.82, 2.24) is 9.13 Å². The minimum Gasteiger partial charge on any atom is -0.493 e. The van der Waals surface area contributed by atoms with Gasteiger partial charge in [0.2, 0.25) is 5.88 Å². The van der Waals surface area contributed by atoms with Gasteiger partial charge in [-0.3, -0.25) is 4.57 Å². The van der Waals surface area contributed by atoms with Gasteiger partial charge in [0.25, 0.3) is 0 Å². The van der Waals surface area contributed by atoms with E-state index in [-0.39, 0.29) is 5.88 Å². The van der Waals surface area contributed by atoms with Crippen LogP contribution in [0, 0.1) is 4.77 Å². The fraction of sp³-hybridized carbons (Fsp3) is 0.105. The second-order valence-corrected chi connectivity index (χ2v) is 6.27. The van der Waals surface area contributed by atoms with E-state index in [4.69, 9.17) is 12.2 Å². The number of aromatic nitrogens is 2. The SMILES string of the molecule is CC1=NC=NC1=Cc1c(O)n(-c2ccc3ccccc3c2)c(=S)n1C. The molecule has 3 aromatic rings. The third kappa shape index (κ3) is 2.51. The average Bonchev–Trinajstić information content (AvgIpc) is 3.11. The molecule has 0 saturated carbocycles. The highest BCUT2D eigenvalue weighted by atomic mass is 32.1. The highest BCUT2D eigenvalue weighted by Gasteiger charge is 2.17. The zero-order chi connectivity index (χ0) is 17.6. The fourth-order valence-corrected chi connectivity index (χ4v) is 3.22. The summed E-state index contributed by atoms with van der Waals surface area (Å²) < 4.78 is 3.95. The van der Waals surface area contributed by atoms with Crippen molar-refractivity contribution in [2.75, 3.05) is 0 Å². The zero-order valence-corrected chi connectivity index (χ0v) is 14.7. The standard InChI is InChI=1S/C19H16N4OS/c1-12-16(21-11-20-12)10-17-18(24)23(19(25)22(17)2)15-8-7-13-5-3-4-6-14(13)9-15/h3-11,24H,1-2H3. The largest absolute Gasteiger partial charge is 0.493 e. The number of fused-ring (bicyclic) bond motifs is 1. The van der Waals surface area contributed by atoms with E-state index in [1.165, 1.54) is 6.34 Å². The minimum absolute atomic E-state index is 0.0881. The lowest BCUT2D eigenvalue weighted by atomic mass is 10.1. The molecule has 0 unspecified atom stereocenters. The number of rotatable bonds is 2. The third-order valence-corrected chi connectivity index (χ3v) is 4.82. The van der Waals surface area contributed by atoms with E-state index < -0.39 is 0 Å². The second-order valence-electron chi connectivity index (χ2n) is 5.91. The molecule has 4 rings (SSSR count). The summed E-state index contributed by atoms with van der Waals surface area (Å²) in [5.74, 6) is 0.0881. The van der Waals surface area contributed by atoms with Crippen molar-refractivity contribution >= 4 is 41.1 Å². The Morgan fingerprint density at radius 1 is 1.12 bits per heavy atom. The van der Waals surface area contributed by atoms with E-state index in [2.05, 4.69) is 16.1 Å². The lowest BCUT2D eigenvalue weighted by Crippen LogP contribution is -1.96. The topological polar surface area (TPSA) is 54.8 Å². The fourth-order valence-electron chi connectivity index (χ4n) is 2.93. The molecule has 0 aliphatic carbocycles. The van der Waals surface area contributed by atoms with Crippen molar-refractivity contribution in [1.29, 1.82) is 0 Å². The minimum atomic E-state index is 0.0881. The maximum Gasteiger partial charge on any atom is 0.222 e. The molecule has 0 bridgehead atoms. The van der Waals surface area contributed by atoms with E-state index in [9.17, 15) is 5.11 Å². The van der Waals surface area contributed by atoms with Crippen molar-refractivity contribution in [3.63, 3.8) is 0 Å². The van der Waals surface area contributed by atoms with Gasteiger partial charge in [-0.2, -0.15) is 0 Å². The van der Waals surface area contributed by atoms with E-state index in [1.807, 2.05) is 50.4 Å². The first kappa shape index (κ1) is 15.5. The molecular weight excluding hydrogens is 332 g/mol. The number of imidazole rings is 1. The monoisotopic (exact) mass is 348 g/mol. The van der Waals surface area contributed by atoms with E-state index in [0.717, 1.165) is 27.9 Å². The van der Waals surface area contributed by atoms with Crippen molar-refractivity contribution in [3.8, 4) is 11.6 Å². The number of hydrogen-bond acceptors (Lipinski definition) is 4. The van der Waals surface area contributed by atoms with Crippen LogP contribution in [0.2, 0.25) is 0 Å². The normalized spacial score (nSPS) is 15.3. The van der Waals surface area contributed by atoms with E-state index in [0.29, 0.717) is 10.5 Å². The van der Waals surface area contributed by atoms with Crippen LogP contribution in [0.5, 0.6) is 5.88 Å². The van der Waals surface area contributed by atoms with Gasteiger partial charge in [0.05, 0.1) is 17.1 Å². The zero-order valence-electron chi connectivity index (χ0n) is 13.8. The Morgan fingerprint density at radius 2 is 1.88 bits per heavy atom. The van der Waals surface area contributed by atoms with Crippen molar-refractivity contribution in [2.24, 2.45) is 17.0 Å². The molecule has 2 aromatic carbocycles. The van der Waals surface area contributed by atoms with Crippen LogP contribution >= 0.6 is 12.2 Å². The summed E-state index contributed by atoms with van der Waals surface area (Å²) in [7, 11) is 1.83. The van der Waals surface area contributed by atoms with E-state index >= 15 is 0 Å². The van der Waals surface area contributed by atoms with E-state index in [1.54, 1.807) is 15.2 Å². The van der Waals surface area contributed by atoms with Crippen molar-refractivity contribution < 1.29 is 5.11 Å². The number of aromatic hydroxyl groups is 1. The summed E-state index contributed by atoms with van der Waals surface area (Å²) >= 11 is 5.54. The molecular formula is C19H16N4OS. The molecule has 0 amide bonds. The summed E-state index contributed by atoms with van der Waals surface area (Å²) in [6.07, 6.45) is 3.30. The second kappa shape index (κ2) is 5.82. The first-order chi connectivity index (χ1) is 12.1. The molecule has 1 aliphatic rings. The molecule has 6 heteroatoms. The van der Waals surface area contributed by atoms with Gasteiger partial charge in [-0.25, -0.2) is 9.98 Å². The summed E-state index contributed by atoms with van der Waals surface area (Å²) in [5.41, 5.74) is 2.95. The van der Waals surface area contributed by atoms with Crippen LogP contribution in [-0.2, 0) is 7.05 Å². The lowest BCUT2D eigenvalue weighted by Gasteiger charge is -2.06. The Hall–Kier alpha value is -2.99. The van der Waals surface area contributed by atoms with Gasteiger partial charge in [-0.05, 0) is 48.1 Å². The van der Waals surface area contributed by atoms with Crippen LogP contribution in [0.1, 0.15) is 12.6 Å². The van der Waals surface area contributed by atoms with Crippen LogP contribution in [-0.4, -0.2) is 26.3 Å². The molecule has 1 aromatic heterocycles. The average molecular weight is 348 g/mol. The van der Waals surface area contributed by atoms with Crippen LogP contribution in [0.3, 0.4) is 0 Å². The molecule has 1 aliphatic heterocycles. The first-order valence-corrected chi connectivity index (χ1v) is 8.26. The van der Waals surface area contributed by atoms with Gasteiger partial charge < -0.3 is 9.67 Å². The number of allylic oxidation sites excluding steroid dienone is 1. The predicted molar refractivity (Wildman–Crippen MR) is 104 cm³/mol. The summed E-state index contributed by atoms with van der Waals surface area (Å²) in [5, 5.41) is 13.0. The highest BCUT2D eigenvalue weighted by molar-refractivity contribution is 7.71. The molecule has 0 atom stereocenters. The lowest BCUT2D eigenvalue weighted by molar-refractivity contribution is 0.440. The molecule has 25 heavy (non-hydrogen) atoms. The Bertz CT molecular complexity index is 1150. The molecule has 0 saturated heterocycles. The summed E-state index contributed by atoms with van der Waals surface area (Å²) in [6.45, 7) is 1.88. The van der Waals surface area contributed by atoms with Crippen LogP contribution in [0.25, 0.3) is 22.5 Å². The van der Waals surface area contributed by atoms with Crippen LogP contribution < -0.4 is 0 Å². The van der Waals surface area contributed by atoms with Crippen molar-refractivity contribution in [2.45, 2.75) is 6.92 Å². The maximum absolute atomic E-state index is 10.8. The van der Waals surface area contributed by atoms with Crippen molar-refractivity contribution in [3.05, 3.63) is 58.6 Å². The summed E-state index contributed by atoms with van der Waals surface area (Å²) in [6, 6.07) is 14.1. The van der Waals surface area contributed by atoms with Gasteiger partial charge in [-0.1, -0.05) is 30.3 Å². The number of benzene rings is 2. The third-order valence-electron chi connectivity index (χ3n) is 4.36. The maximum atomic E-state index is 10.8. The quantitative estimate of drug-likeness (QED) is 0.704. The molecule has 124 valence electrons. The Kier molecular flexibility index (Phi) is 3.62. The van der Waals surface area contributed by atoms with Gasteiger partial charge in [0.15, 0.2) is 4.77 Å². The molecule has 1 N–H and O–H groups in total. The van der Waals surface area contributed by atoms with Gasteiger partial charge >= 0.3 is 0 Å². The smallest absolute Gasteiger partial charge is 0.222 e. The Balaban J connectivity index is 1.91. The summed E-state index contributed by atoms with van der Waals surface area (Å²) in [4.78, 5) is 8.34. The number of hydrogen-bond donors (Lipinski definition) is 1. The number of nitrogens with zero attached hydrogens (tertiary/aromatic N) is 4. The molecule has 0 fully saturated rings. The van der Waals surface area contributed by atoms with Crippen LogP contribution in [0.4, 0.5) is 0 Å². The predicted octanol–water partition coefficient (Wildman–Crippen LogP) is 4.25.